The molecule has 0 heterocycles. The largest absolute Gasteiger partial charge is 0.508 e. The summed E-state index contributed by atoms with van der Waals surface area (Å²) in [6.45, 7) is 9.54. The summed E-state index contributed by atoms with van der Waals surface area (Å²) in [5.41, 5.74) is -0.486. The van der Waals surface area contributed by atoms with Gasteiger partial charge in [0.1, 0.15) is 11.6 Å². The second-order valence-corrected chi connectivity index (χ2v) is 5.04. The maximum absolute atomic E-state index is 13.7. The van der Waals surface area contributed by atoms with Crippen molar-refractivity contribution in [2.75, 3.05) is 6.54 Å². The minimum Gasteiger partial charge on any atom is -0.508 e. The molecule has 18 heavy (non-hydrogen) atoms. The third kappa shape index (κ3) is 3.09. The molecule has 98 valence electrons. The first kappa shape index (κ1) is 14.2. The molecule has 0 spiro atoms. The number of phenolic OH excluding ortho intramolecular Hbond substituents is 1. The molecule has 0 radical (unpaired) electrons. The van der Waals surface area contributed by atoms with Crippen LogP contribution in [-0.4, -0.2) is 28.0 Å². The second kappa shape index (κ2) is 5.21. The van der Waals surface area contributed by atoms with Gasteiger partial charge in [-0.3, -0.25) is 4.79 Å². The van der Waals surface area contributed by atoms with Crippen LogP contribution in [0, 0.1) is 5.82 Å². The summed E-state index contributed by atoms with van der Waals surface area (Å²) in [6.07, 6.45) is 1.60. The predicted octanol–water partition coefficient (Wildman–Crippen LogP) is 2.96. The fourth-order valence-electron chi connectivity index (χ4n) is 1.61. The zero-order chi connectivity index (χ0) is 13.9. The van der Waals surface area contributed by atoms with E-state index in [9.17, 15) is 9.18 Å². The van der Waals surface area contributed by atoms with Gasteiger partial charge in [0, 0.05) is 18.2 Å². The lowest BCUT2D eigenvalue weighted by atomic mass is 10.0. The average Bonchev–Trinajstić information content (AvgIpc) is 2.23. The summed E-state index contributed by atoms with van der Waals surface area (Å²) in [6, 6.07) is 3.52. The van der Waals surface area contributed by atoms with Crippen LogP contribution in [0.5, 0.6) is 5.75 Å². The van der Waals surface area contributed by atoms with Crippen molar-refractivity contribution in [3.05, 3.63) is 42.2 Å². The molecule has 0 saturated carbocycles. The van der Waals surface area contributed by atoms with Gasteiger partial charge in [0.15, 0.2) is 0 Å². The van der Waals surface area contributed by atoms with Crippen LogP contribution in [0.25, 0.3) is 0 Å². The number of rotatable bonds is 3. The normalized spacial score (nSPS) is 11.1. The van der Waals surface area contributed by atoms with Crippen LogP contribution in [0.1, 0.15) is 31.1 Å². The highest BCUT2D eigenvalue weighted by atomic mass is 19.1. The third-order valence-corrected chi connectivity index (χ3v) is 2.55. The second-order valence-electron chi connectivity index (χ2n) is 5.04. The molecule has 1 amide bonds. The Bertz CT molecular complexity index is 463. The lowest BCUT2D eigenvalue weighted by Crippen LogP contribution is -2.45. The number of benzene rings is 1. The van der Waals surface area contributed by atoms with Crippen molar-refractivity contribution < 1.29 is 14.3 Å². The topological polar surface area (TPSA) is 40.5 Å². The van der Waals surface area contributed by atoms with Crippen molar-refractivity contribution in [2.24, 2.45) is 0 Å². The van der Waals surface area contributed by atoms with Crippen LogP contribution in [0.15, 0.2) is 30.9 Å². The zero-order valence-corrected chi connectivity index (χ0v) is 10.9. The van der Waals surface area contributed by atoms with E-state index < -0.39 is 17.3 Å². The molecule has 0 aliphatic heterocycles. The van der Waals surface area contributed by atoms with Crippen molar-refractivity contribution >= 4 is 5.91 Å². The summed E-state index contributed by atoms with van der Waals surface area (Å²) >= 11 is 0. The first-order valence-electron chi connectivity index (χ1n) is 5.68. The predicted molar refractivity (Wildman–Crippen MR) is 69.1 cm³/mol. The van der Waals surface area contributed by atoms with Gasteiger partial charge in [-0.05, 0) is 32.9 Å². The Balaban J connectivity index is 3.14. The molecule has 0 unspecified atom stereocenters. The van der Waals surface area contributed by atoms with E-state index in [0.29, 0.717) is 6.54 Å². The van der Waals surface area contributed by atoms with E-state index in [-0.39, 0.29) is 11.3 Å². The SMILES string of the molecule is C=CCN(C(=O)c1ccc(O)cc1F)C(C)(C)C. The lowest BCUT2D eigenvalue weighted by Gasteiger charge is -2.35. The first-order chi connectivity index (χ1) is 8.27. The molecule has 0 saturated heterocycles. The highest BCUT2D eigenvalue weighted by Gasteiger charge is 2.27. The molecule has 4 heteroatoms. The number of aromatic hydroxyl groups is 1. The van der Waals surface area contributed by atoms with Crippen molar-refractivity contribution in [1.82, 2.24) is 4.90 Å². The van der Waals surface area contributed by atoms with Crippen LogP contribution in [0.2, 0.25) is 0 Å². The van der Waals surface area contributed by atoms with Crippen LogP contribution in [-0.2, 0) is 0 Å². The minimum absolute atomic E-state index is 0.0513. The summed E-state index contributed by atoms with van der Waals surface area (Å²) in [5, 5.41) is 9.14. The van der Waals surface area contributed by atoms with Gasteiger partial charge in [0.2, 0.25) is 0 Å². The van der Waals surface area contributed by atoms with Crippen molar-refractivity contribution in [1.29, 1.82) is 0 Å². The Hall–Kier alpha value is -1.84. The van der Waals surface area contributed by atoms with Crippen molar-refractivity contribution in [3.8, 4) is 5.75 Å². The number of carbonyl (C=O) groups is 1. The number of carbonyl (C=O) groups excluding carboxylic acids is 1. The quantitative estimate of drug-likeness (QED) is 0.839. The smallest absolute Gasteiger partial charge is 0.257 e. The molecule has 0 aromatic heterocycles. The number of hydrogen-bond acceptors (Lipinski definition) is 2. The van der Waals surface area contributed by atoms with Gasteiger partial charge in [-0.1, -0.05) is 6.08 Å². The van der Waals surface area contributed by atoms with Gasteiger partial charge >= 0.3 is 0 Å². The lowest BCUT2D eigenvalue weighted by molar-refractivity contribution is 0.0612. The molecule has 3 nitrogen and oxygen atoms in total. The fourth-order valence-corrected chi connectivity index (χ4v) is 1.61. The Labute approximate surface area is 107 Å². The molecule has 0 atom stereocenters. The van der Waals surface area contributed by atoms with Gasteiger partial charge < -0.3 is 10.0 Å². The van der Waals surface area contributed by atoms with Gasteiger partial charge in [-0.25, -0.2) is 4.39 Å². The molecule has 1 aromatic rings. The van der Waals surface area contributed by atoms with Crippen molar-refractivity contribution in [2.45, 2.75) is 26.3 Å². The Kier molecular flexibility index (Phi) is 4.11. The summed E-state index contributed by atoms with van der Waals surface area (Å²) in [4.78, 5) is 13.8. The first-order valence-corrected chi connectivity index (χ1v) is 5.68. The molecule has 0 fully saturated rings. The van der Waals surface area contributed by atoms with Crippen LogP contribution in [0.3, 0.4) is 0 Å². The number of halogens is 1. The van der Waals surface area contributed by atoms with Crippen molar-refractivity contribution in [3.63, 3.8) is 0 Å². The van der Waals surface area contributed by atoms with E-state index in [4.69, 9.17) is 5.11 Å². The maximum Gasteiger partial charge on any atom is 0.257 e. The Morgan fingerprint density at radius 1 is 1.50 bits per heavy atom. The summed E-state index contributed by atoms with van der Waals surface area (Å²) in [7, 11) is 0. The maximum atomic E-state index is 13.7. The van der Waals surface area contributed by atoms with E-state index >= 15 is 0 Å². The molecular formula is C14H18FNO2. The highest BCUT2D eigenvalue weighted by Crippen LogP contribution is 2.21. The van der Waals surface area contributed by atoms with E-state index in [1.54, 1.807) is 6.08 Å². The average molecular weight is 251 g/mol. The minimum atomic E-state index is -0.724. The molecular weight excluding hydrogens is 233 g/mol. The van der Waals surface area contributed by atoms with Crippen LogP contribution in [0.4, 0.5) is 4.39 Å². The molecule has 0 aliphatic rings. The van der Waals surface area contributed by atoms with Crippen LogP contribution < -0.4 is 0 Å². The van der Waals surface area contributed by atoms with E-state index in [1.165, 1.54) is 17.0 Å². The van der Waals surface area contributed by atoms with E-state index in [1.807, 2.05) is 20.8 Å². The van der Waals surface area contributed by atoms with E-state index in [0.717, 1.165) is 6.07 Å². The molecule has 1 aromatic carbocycles. The number of amides is 1. The standard InChI is InChI=1S/C14H18FNO2/c1-5-8-16(14(2,3)4)13(18)11-7-6-10(17)9-12(11)15/h5-7,9,17H,1,8H2,2-4H3. The van der Waals surface area contributed by atoms with Gasteiger partial charge in [0.25, 0.3) is 5.91 Å². The Morgan fingerprint density at radius 2 is 2.11 bits per heavy atom. The third-order valence-electron chi connectivity index (χ3n) is 2.55. The number of hydrogen-bond donors (Lipinski definition) is 1. The summed E-state index contributed by atoms with van der Waals surface area (Å²) < 4.78 is 13.7. The highest BCUT2D eigenvalue weighted by molar-refractivity contribution is 5.95. The zero-order valence-electron chi connectivity index (χ0n) is 10.9. The number of phenols is 1. The molecule has 0 aliphatic carbocycles. The van der Waals surface area contributed by atoms with Gasteiger partial charge in [-0.15, -0.1) is 6.58 Å². The summed E-state index contributed by atoms with van der Waals surface area (Å²) in [5.74, 6) is -1.34. The Morgan fingerprint density at radius 3 is 2.56 bits per heavy atom. The molecule has 1 N–H and O–H groups in total. The number of nitrogens with zero attached hydrogens (tertiary/aromatic N) is 1. The van der Waals surface area contributed by atoms with Gasteiger partial charge in [-0.2, -0.15) is 0 Å². The van der Waals surface area contributed by atoms with Gasteiger partial charge in [0.05, 0.1) is 5.56 Å². The molecule has 1 rings (SSSR count). The molecule has 0 bridgehead atoms. The van der Waals surface area contributed by atoms with Crippen LogP contribution >= 0.6 is 0 Å². The van der Waals surface area contributed by atoms with E-state index in [2.05, 4.69) is 6.58 Å². The fraction of sp³-hybridized carbons (Fsp3) is 0.357. The monoisotopic (exact) mass is 251 g/mol.